The van der Waals surface area contributed by atoms with Crippen LogP contribution in [0.1, 0.15) is 22.6 Å². The Bertz CT molecular complexity index is 680. The number of carboxylic acids is 1. The van der Waals surface area contributed by atoms with Crippen LogP contribution in [0.15, 0.2) is 36.4 Å². The lowest BCUT2D eigenvalue weighted by Crippen LogP contribution is -2.16. The minimum Gasteiger partial charge on any atom is -0.497 e. The average Bonchev–Trinajstić information content (AvgIpc) is 2.47. The summed E-state index contributed by atoms with van der Waals surface area (Å²) in [6.07, 6.45) is -0.00594. The third-order valence-corrected chi connectivity index (χ3v) is 3.97. The smallest absolute Gasteiger partial charge is 0.311 e. The van der Waals surface area contributed by atoms with Gasteiger partial charge in [0.1, 0.15) is 11.6 Å². The number of methoxy groups -OCH3 is 1. The second-order valence-corrected chi connectivity index (χ2v) is 5.42. The number of carboxylic acid groups (broad SMARTS) is 1. The first-order chi connectivity index (χ1) is 10.4. The van der Waals surface area contributed by atoms with Gasteiger partial charge in [-0.05, 0) is 48.7 Å². The highest BCUT2D eigenvalue weighted by atomic mass is 35.5. The van der Waals surface area contributed by atoms with E-state index < -0.39 is 17.7 Å². The van der Waals surface area contributed by atoms with Gasteiger partial charge in [-0.2, -0.15) is 0 Å². The van der Waals surface area contributed by atoms with E-state index in [4.69, 9.17) is 16.3 Å². The van der Waals surface area contributed by atoms with E-state index in [0.29, 0.717) is 11.3 Å². The second-order valence-electron chi connectivity index (χ2n) is 5.02. The minimum atomic E-state index is -1.02. The van der Waals surface area contributed by atoms with E-state index in [0.717, 1.165) is 5.56 Å². The van der Waals surface area contributed by atoms with Gasteiger partial charge in [0.15, 0.2) is 0 Å². The van der Waals surface area contributed by atoms with Gasteiger partial charge < -0.3 is 9.84 Å². The summed E-state index contributed by atoms with van der Waals surface area (Å²) in [4.78, 5) is 11.6. The molecule has 2 rings (SSSR count). The molecule has 0 amide bonds. The van der Waals surface area contributed by atoms with Gasteiger partial charge in [0.2, 0.25) is 0 Å². The molecule has 1 atom stereocenters. The number of aryl methyl sites for hydroxylation is 1. The zero-order chi connectivity index (χ0) is 16.3. The summed E-state index contributed by atoms with van der Waals surface area (Å²) in [7, 11) is 1.54. The van der Waals surface area contributed by atoms with Gasteiger partial charge in [-0.15, -0.1) is 0 Å². The number of ether oxygens (including phenoxy) is 1. The highest BCUT2D eigenvalue weighted by Crippen LogP contribution is 2.30. The molecule has 0 aliphatic rings. The number of hydrogen-bond acceptors (Lipinski definition) is 2. The molecule has 2 aromatic rings. The Labute approximate surface area is 133 Å². The van der Waals surface area contributed by atoms with Crippen molar-refractivity contribution in [1.82, 2.24) is 0 Å². The van der Waals surface area contributed by atoms with Crippen molar-refractivity contribution >= 4 is 17.6 Å². The molecule has 3 nitrogen and oxygen atoms in total. The van der Waals surface area contributed by atoms with E-state index in [1.807, 2.05) is 0 Å². The van der Waals surface area contributed by atoms with Gasteiger partial charge in [-0.1, -0.05) is 23.7 Å². The SMILES string of the molecule is COc1ccc(C(Cc2c(F)cccc2Cl)C(=O)O)c(C)c1. The average molecular weight is 323 g/mol. The van der Waals surface area contributed by atoms with Crippen LogP contribution in [-0.4, -0.2) is 18.2 Å². The summed E-state index contributed by atoms with van der Waals surface area (Å²) in [6.45, 7) is 1.80. The van der Waals surface area contributed by atoms with Crippen molar-refractivity contribution in [1.29, 1.82) is 0 Å². The van der Waals surface area contributed by atoms with Crippen molar-refractivity contribution < 1.29 is 19.0 Å². The molecule has 0 saturated heterocycles. The maximum absolute atomic E-state index is 13.9. The van der Waals surface area contributed by atoms with Gasteiger partial charge in [0, 0.05) is 10.6 Å². The second kappa shape index (κ2) is 6.79. The fraction of sp³-hybridized carbons (Fsp3) is 0.235. The molecule has 22 heavy (non-hydrogen) atoms. The molecule has 0 aliphatic heterocycles. The summed E-state index contributed by atoms with van der Waals surface area (Å²) in [5, 5.41) is 9.76. The van der Waals surface area contributed by atoms with Gasteiger partial charge in [0.05, 0.1) is 13.0 Å². The summed E-state index contributed by atoms with van der Waals surface area (Å²) in [5.74, 6) is -1.74. The van der Waals surface area contributed by atoms with E-state index in [1.54, 1.807) is 38.3 Å². The van der Waals surface area contributed by atoms with Crippen molar-refractivity contribution in [2.75, 3.05) is 7.11 Å². The fourth-order valence-corrected chi connectivity index (χ4v) is 2.67. The molecule has 0 heterocycles. The topological polar surface area (TPSA) is 46.5 Å². The standard InChI is InChI=1S/C17H16ClFO3/c1-10-8-11(22-2)6-7-12(10)13(17(20)21)9-14-15(18)4-3-5-16(14)19/h3-8,13H,9H2,1-2H3,(H,20,21). The van der Waals surface area contributed by atoms with Gasteiger partial charge >= 0.3 is 5.97 Å². The van der Waals surface area contributed by atoms with E-state index in [1.165, 1.54) is 12.1 Å². The molecule has 2 aromatic carbocycles. The molecule has 5 heteroatoms. The third-order valence-electron chi connectivity index (χ3n) is 3.62. The normalized spacial score (nSPS) is 12.0. The highest BCUT2D eigenvalue weighted by molar-refractivity contribution is 6.31. The summed E-state index contributed by atoms with van der Waals surface area (Å²) in [5.41, 5.74) is 1.61. The molecule has 0 fully saturated rings. The number of carbonyl (C=O) groups is 1. The zero-order valence-electron chi connectivity index (χ0n) is 12.3. The molecule has 116 valence electrons. The molecule has 1 N–H and O–H groups in total. The van der Waals surface area contributed by atoms with Crippen molar-refractivity contribution in [3.05, 3.63) is 63.9 Å². The van der Waals surface area contributed by atoms with Crippen molar-refractivity contribution in [2.45, 2.75) is 19.3 Å². The zero-order valence-corrected chi connectivity index (χ0v) is 13.0. The number of aliphatic carboxylic acids is 1. The van der Waals surface area contributed by atoms with Crippen molar-refractivity contribution in [2.24, 2.45) is 0 Å². The first-order valence-electron chi connectivity index (χ1n) is 6.74. The predicted molar refractivity (Wildman–Crippen MR) is 83.2 cm³/mol. The Morgan fingerprint density at radius 3 is 2.64 bits per heavy atom. The van der Waals surface area contributed by atoms with Crippen molar-refractivity contribution in [3.8, 4) is 5.75 Å². The molecule has 0 spiro atoms. The number of hydrogen-bond donors (Lipinski definition) is 1. The van der Waals surface area contributed by atoms with E-state index in [9.17, 15) is 14.3 Å². The Balaban J connectivity index is 2.41. The number of halogens is 2. The quantitative estimate of drug-likeness (QED) is 0.897. The minimum absolute atomic E-state index is 0.00594. The van der Waals surface area contributed by atoms with E-state index in [-0.39, 0.29) is 17.0 Å². The third kappa shape index (κ3) is 3.39. The molecule has 1 unspecified atom stereocenters. The molecule has 0 radical (unpaired) electrons. The van der Waals surface area contributed by atoms with Crippen LogP contribution in [0.5, 0.6) is 5.75 Å². The molecule has 0 aliphatic carbocycles. The van der Waals surface area contributed by atoms with Crippen LogP contribution in [0.3, 0.4) is 0 Å². The Hall–Kier alpha value is -2.07. The van der Waals surface area contributed by atoms with Gasteiger partial charge in [-0.25, -0.2) is 4.39 Å². The van der Waals surface area contributed by atoms with E-state index >= 15 is 0 Å². The highest BCUT2D eigenvalue weighted by Gasteiger charge is 2.24. The Morgan fingerprint density at radius 2 is 2.09 bits per heavy atom. The van der Waals surface area contributed by atoms with Crippen LogP contribution in [0, 0.1) is 12.7 Å². The van der Waals surface area contributed by atoms with Crippen LogP contribution < -0.4 is 4.74 Å². The monoisotopic (exact) mass is 322 g/mol. The van der Waals surface area contributed by atoms with Gasteiger partial charge in [0.25, 0.3) is 0 Å². The van der Waals surface area contributed by atoms with Crippen LogP contribution in [-0.2, 0) is 11.2 Å². The van der Waals surface area contributed by atoms with Gasteiger partial charge in [-0.3, -0.25) is 4.79 Å². The Kier molecular flexibility index (Phi) is 5.03. The first kappa shape index (κ1) is 16.3. The lowest BCUT2D eigenvalue weighted by molar-refractivity contribution is -0.138. The van der Waals surface area contributed by atoms with Crippen LogP contribution >= 0.6 is 11.6 Å². The maximum atomic E-state index is 13.9. The lowest BCUT2D eigenvalue weighted by atomic mass is 9.89. The summed E-state index contributed by atoms with van der Waals surface area (Å²) >= 11 is 6.00. The van der Waals surface area contributed by atoms with Crippen LogP contribution in [0.25, 0.3) is 0 Å². The van der Waals surface area contributed by atoms with Crippen LogP contribution in [0.2, 0.25) is 5.02 Å². The Morgan fingerprint density at radius 1 is 1.36 bits per heavy atom. The largest absolute Gasteiger partial charge is 0.497 e. The van der Waals surface area contributed by atoms with Crippen LogP contribution in [0.4, 0.5) is 4.39 Å². The summed E-state index contributed by atoms with van der Waals surface area (Å²) in [6, 6.07) is 9.48. The van der Waals surface area contributed by atoms with E-state index in [2.05, 4.69) is 0 Å². The fourth-order valence-electron chi connectivity index (χ4n) is 2.43. The molecule has 0 aromatic heterocycles. The number of rotatable bonds is 5. The molecular weight excluding hydrogens is 307 g/mol. The summed E-state index contributed by atoms with van der Waals surface area (Å²) < 4.78 is 19.0. The first-order valence-corrected chi connectivity index (χ1v) is 7.12. The predicted octanol–water partition coefficient (Wildman–Crippen LogP) is 4.21. The molecular formula is C17H16ClFO3. The lowest BCUT2D eigenvalue weighted by Gasteiger charge is -2.17. The molecule has 0 bridgehead atoms. The van der Waals surface area contributed by atoms with Crippen molar-refractivity contribution in [3.63, 3.8) is 0 Å². The molecule has 0 saturated carbocycles. The number of benzene rings is 2. The maximum Gasteiger partial charge on any atom is 0.311 e.